The van der Waals surface area contributed by atoms with Crippen molar-refractivity contribution in [1.82, 2.24) is 0 Å². The highest BCUT2D eigenvalue weighted by Crippen LogP contribution is 2.34. The van der Waals surface area contributed by atoms with Crippen molar-refractivity contribution in [1.29, 1.82) is 0 Å². The second-order valence-electron chi connectivity index (χ2n) is 5.22. The van der Waals surface area contributed by atoms with Crippen LogP contribution in [0.4, 0.5) is 5.00 Å². The van der Waals surface area contributed by atoms with E-state index in [1.165, 1.54) is 14.0 Å². The predicted octanol–water partition coefficient (Wildman–Crippen LogP) is 3.70. The van der Waals surface area contributed by atoms with Gasteiger partial charge in [0.05, 0.1) is 24.2 Å². The van der Waals surface area contributed by atoms with Gasteiger partial charge in [-0.25, -0.2) is 4.79 Å². The van der Waals surface area contributed by atoms with Gasteiger partial charge in [0.25, 0.3) is 5.91 Å². The minimum Gasteiger partial charge on any atom is -0.497 e. The zero-order valence-electron chi connectivity index (χ0n) is 14.5. The van der Waals surface area contributed by atoms with Gasteiger partial charge in [-0.05, 0) is 44.5 Å². The number of Topliss-reactive ketones (excluding diaryl/α,β-unsaturated/α-hetero) is 1. The fourth-order valence-corrected chi connectivity index (χ4v) is 3.41. The van der Waals surface area contributed by atoms with Crippen molar-refractivity contribution in [2.75, 3.05) is 19.0 Å². The average Bonchev–Trinajstić information content (AvgIpc) is 2.91. The molecule has 0 saturated carbocycles. The zero-order valence-corrected chi connectivity index (χ0v) is 15.3. The first kappa shape index (κ1) is 18.7. The summed E-state index contributed by atoms with van der Waals surface area (Å²) in [6, 6.07) is 6.64. The highest BCUT2D eigenvalue weighted by Gasteiger charge is 2.25. The van der Waals surface area contributed by atoms with E-state index >= 15 is 0 Å². The van der Waals surface area contributed by atoms with Crippen LogP contribution in [-0.2, 0) is 4.74 Å². The molecule has 2 aromatic rings. The summed E-state index contributed by atoms with van der Waals surface area (Å²) in [4.78, 5) is 37.0. The molecule has 0 aliphatic rings. The Labute approximate surface area is 149 Å². The van der Waals surface area contributed by atoms with Crippen molar-refractivity contribution < 1.29 is 23.9 Å². The number of carbonyl (C=O) groups is 3. The van der Waals surface area contributed by atoms with Crippen molar-refractivity contribution in [2.24, 2.45) is 0 Å². The third-order valence-electron chi connectivity index (χ3n) is 3.51. The first-order valence-corrected chi connectivity index (χ1v) is 8.47. The standard InChI is InChI=1S/C18H19NO5S/c1-5-24-18(22)14-10(2)15(11(3)20)25-17(14)19-16(21)12-7-6-8-13(9-12)23-4/h6-9H,5H2,1-4H3,(H,19,21). The van der Waals surface area contributed by atoms with Crippen LogP contribution in [-0.4, -0.2) is 31.4 Å². The van der Waals surface area contributed by atoms with Crippen LogP contribution in [0, 0.1) is 6.92 Å². The topological polar surface area (TPSA) is 81.7 Å². The first-order chi connectivity index (χ1) is 11.9. The van der Waals surface area contributed by atoms with Gasteiger partial charge in [-0.2, -0.15) is 0 Å². The highest BCUT2D eigenvalue weighted by molar-refractivity contribution is 7.18. The van der Waals surface area contributed by atoms with Gasteiger partial charge < -0.3 is 14.8 Å². The number of hydrogen-bond donors (Lipinski definition) is 1. The summed E-state index contributed by atoms with van der Waals surface area (Å²) in [6.45, 7) is 4.98. The van der Waals surface area contributed by atoms with Gasteiger partial charge in [0, 0.05) is 5.56 Å². The molecular formula is C18H19NO5S. The van der Waals surface area contributed by atoms with E-state index in [0.29, 0.717) is 26.8 Å². The lowest BCUT2D eigenvalue weighted by molar-refractivity contribution is 0.0527. The minimum absolute atomic E-state index is 0.171. The number of nitrogens with one attached hydrogen (secondary N) is 1. The van der Waals surface area contributed by atoms with Crippen LogP contribution >= 0.6 is 11.3 Å². The van der Waals surface area contributed by atoms with Crippen LogP contribution < -0.4 is 10.1 Å². The molecule has 0 bridgehead atoms. The number of rotatable bonds is 6. The first-order valence-electron chi connectivity index (χ1n) is 7.65. The van der Waals surface area contributed by atoms with Crippen molar-refractivity contribution in [3.63, 3.8) is 0 Å². The second kappa shape index (κ2) is 7.94. The number of benzene rings is 1. The van der Waals surface area contributed by atoms with Gasteiger partial charge in [0.1, 0.15) is 10.8 Å². The summed E-state index contributed by atoms with van der Waals surface area (Å²) < 4.78 is 10.2. The number of ether oxygens (including phenoxy) is 2. The predicted molar refractivity (Wildman–Crippen MR) is 96.0 cm³/mol. The Hall–Kier alpha value is -2.67. The molecule has 0 radical (unpaired) electrons. The Balaban J connectivity index is 2.40. The van der Waals surface area contributed by atoms with E-state index in [1.807, 2.05) is 0 Å². The van der Waals surface area contributed by atoms with Crippen LogP contribution in [0.2, 0.25) is 0 Å². The van der Waals surface area contributed by atoms with E-state index in [4.69, 9.17) is 9.47 Å². The molecule has 2 rings (SSSR count). The van der Waals surface area contributed by atoms with Crippen molar-refractivity contribution >= 4 is 34.0 Å². The molecular weight excluding hydrogens is 342 g/mol. The Morgan fingerprint density at radius 2 is 1.96 bits per heavy atom. The number of methoxy groups -OCH3 is 1. The maximum Gasteiger partial charge on any atom is 0.341 e. The lowest BCUT2D eigenvalue weighted by Crippen LogP contribution is -2.15. The van der Waals surface area contributed by atoms with Crippen LogP contribution in [0.25, 0.3) is 0 Å². The van der Waals surface area contributed by atoms with Crippen molar-refractivity contribution in [2.45, 2.75) is 20.8 Å². The molecule has 1 heterocycles. The summed E-state index contributed by atoms with van der Waals surface area (Å²) in [6.07, 6.45) is 0. The average molecular weight is 361 g/mol. The Morgan fingerprint density at radius 1 is 1.24 bits per heavy atom. The lowest BCUT2D eigenvalue weighted by atomic mass is 10.1. The second-order valence-corrected chi connectivity index (χ2v) is 6.24. The molecule has 7 heteroatoms. The molecule has 1 N–H and O–H groups in total. The fraction of sp³-hybridized carbons (Fsp3) is 0.278. The van der Waals surface area contributed by atoms with Crippen molar-refractivity contribution in [3.05, 3.63) is 45.8 Å². The molecule has 6 nitrogen and oxygen atoms in total. The Bertz CT molecular complexity index is 825. The third-order valence-corrected chi connectivity index (χ3v) is 4.81. The normalized spacial score (nSPS) is 10.2. The van der Waals surface area contributed by atoms with E-state index < -0.39 is 11.9 Å². The molecule has 25 heavy (non-hydrogen) atoms. The molecule has 0 aliphatic carbocycles. The van der Waals surface area contributed by atoms with E-state index in [9.17, 15) is 14.4 Å². The zero-order chi connectivity index (χ0) is 18.6. The lowest BCUT2D eigenvalue weighted by Gasteiger charge is -2.08. The SMILES string of the molecule is CCOC(=O)c1c(NC(=O)c2cccc(OC)c2)sc(C(C)=O)c1C. The molecule has 0 aliphatic heterocycles. The molecule has 1 aromatic heterocycles. The number of carbonyl (C=O) groups excluding carboxylic acids is 3. The molecule has 0 saturated heterocycles. The smallest absolute Gasteiger partial charge is 0.341 e. The summed E-state index contributed by atoms with van der Waals surface area (Å²) in [7, 11) is 1.51. The number of ketones is 1. The van der Waals surface area contributed by atoms with Gasteiger partial charge >= 0.3 is 5.97 Å². The summed E-state index contributed by atoms with van der Waals surface area (Å²) in [5.74, 6) is -0.592. The molecule has 1 aromatic carbocycles. The Kier molecular flexibility index (Phi) is 5.93. The minimum atomic E-state index is -0.565. The highest BCUT2D eigenvalue weighted by atomic mass is 32.1. The maximum absolute atomic E-state index is 12.5. The van der Waals surface area contributed by atoms with Gasteiger partial charge in [0.15, 0.2) is 5.78 Å². The molecule has 0 spiro atoms. The number of hydrogen-bond acceptors (Lipinski definition) is 6. The largest absolute Gasteiger partial charge is 0.497 e. The molecule has 0 fully saturated rings. The van der Waals surface area contributed by atoms with Gasteiger partial charge in [-0.3, -0.25) is 9.59 Å². The maximum atomic E-state index is 12.5. The Morgan fingerprint density at radius 3 is 2.56 bits per heavy atom. The number of amides is 1. The number of anilines is 1. The molecule has 1 amide bonds. The molecule has 132 valence electrons. The molecule has 0 atom stereocenters. The van der Waals surface area contributed by atoms with Gasteiger partial charge in [-0.15, -0.1) is 11.3 Å². The van der Waals surface area contributed by atoms with Gasteiger partial charge in [-0.1, -0.05) is 6.07 Å². The third kappa shape index (κ3) is 4.06. The quantitative estimate of drug-likeness (QED) is 0.627. The fourth-order valence-electron chi connectivity index (χ4n) is 2.33. The monoisotopic (exact) mass is 361 g/mol. The van der Waals surface area contributed by atoms with Crippen LogP contribution in [0.3, 0.4) is 0 Å². The van der Waals surface area contributed by atoms with Gasteiger partial charge in [0.2, 0.25) is 0 Å². The van der Waals surface area contributed by atoms with E-state index in [0.717, 1.165) is 11.3 Å². The number of thiophene rings is 1. The summed E-state index contributed by atoms with van der Waals surface area (Å²) in [5.41, 5.74) is 1.11. The van der Waals surface area contributed by atoms with Crippen LogP contribution in [0.1, 0.15) is 49.8 Å². The summed E-state index contributed by atoms with van der Waals surface area (Å²) >= 11 is 1.07. The number of esters is 1. The van der Waals surface area contributed by atoms with Crippen molar-refractivity contribution in [3.8, 4) is 5.75 Å². The van der Waals surface area contributed by atoms with Crippen LogP contribution in [0.5, 0.6) is 5.75 Å². The summed E-state index contributed by atoms with van der Waals surface area (Å²) in [5, 5.41) is 3.00. The van der Waals surface area contributed by atoms with Crippen LogP contribution in [0.15, 0.2) is 24.3 Å². The van der Waals surface area contributed by atoms with E-state index in [1.54, 1.807) is 38.1 Å². The van der Waals surface area contributed by atoms with E-state index in [-0.39, 0.29) is 18.0 Å². The van der Waals surface area contributed by atoms with E-state index in [2.05, 4.69) is 5.32 Å². The molecule has 0 unspecified atom stereocenters.